The number of ether oxygens (including phenoxy) is 4. The summed E-state index contributed by atoms with van der Waals surface area (Å²) in [6.45, 7) is 7.04. The number of anilines is 2. The highest BCUT2D eigenvalue weighted by atomic mass is 16.5. The van der Waals surface area contributed by atoms with Crippen molar-refractivity contribution in [1.29, 1.82) is 0 Å². The summed E-state index contributed by atoms with van der Waals surface area (Å²) in [5.74, 6) is 1.38. The van der Waals surface area contributed by atoms with Crippen molar-refractivity contribution in [2.45, 2.75) is 92.5 Å². The van der Waals surface area contributed by atoms with Gasteiger partial charge in [-0.1, -0.05) is 30.3 Å². The zero-order valence-corrected chi connectivity index (χ0v) is 30.5. The molecule has 11 aliphatic rings. The molecule has 2 aromatic carbocycles. The van der Waals surface area contributed by atoms with E-state index in [0.717, 1.165) is 81.4 Å². The molecule has 9 nitrogen and oxygen atoms in total. The maximum Gasteiger partial charge on any atom is 0.335 e. The molecule has 272 valence electrons. The van der Waals surface area contributed by atoms with Gasteiger partial charge in [0.15, 0.2) is 0 Å². The highest BCUT2D eigenvalue weighted by Gasteiger charge is 2.79. The Kier molecular flexibility index (Phi) is 5.57. The number of nitrogens with zero attached hydrogens (tertiary/aromatic N) is 3. The number of para-hydroxylation sites is 2. The van der Waals surface area contributed by atoms with Crippen molar-refractivity contribution in [2.75, 3.05) is 70.4 Å². The van der Waals surface area contributed by atoms with Crippen LogP contribution in [-0.4, -0.2) is 106 Å². The number of methoxy groups -OCH3 is 2. The lowest BCUT2D eigenvalue weighted by Crippen LogP contribution is -2.76. The lowest BCUT2D eigenvalue weighted by molar-refractivity contribution is -0.174. The summed E-state index contributed by atoms with van der Waals surface area (Å²) in [5, 5.41) is 3.82. The Bertz CT molecular complexity index is 2000. The van der Waals surface area contributed by atoms with E-state index >= 15 is 0 Å². The van der Waals surface area contributed by atoms with Gasteiger partial charge in [0.05, 0.1) is 43.1 Å². The van der Waals surface area contributed by atoms with Crippen LogP contribution in [0.2, 0.25) is 0 Å². The van der Waals surface area contributed by atoms with Gasteiger partial charge in [0, 0.05) is 84.0 Å². The van der Waals surface area contributed by atoms with E-state index in [4.69, 9.17) is 18.9 Å². The van der Waals surface area contributed by atoms with Crippen LogP contribution in [0.5, 0.6) is 5.75 Å². The first-order valence-corrected chi connectivity index (χ1v) is 20.3. The Morgan fingerprint density at radius 3 is 2.62 bits per heavy atom. The fourth-order valence-corrected chi connectivity index (χ4v) is 16.8. The van der Waals surface area contributed by atoms with E-state index in [0.29, 0.717) is 30.5 Å². The second kappa shape index (κ2) is 9.57. The van der Waals surface area contributed by atoms with Gasteiger partial charge in [-0.25, -0.2) is 4.79 Å². The smallest absolute Gasteiger partial charge is 0.335 e. The Balaban J connectivity index is 1.01. The number of benzene rings is 2. The van der Waals surface area contributed by atoms with Gasteiger partial charge >= 0.3 is 5.97 Å². The largest absolute Gasteiger partial charge is 0.495 e. The highest BCUT2D eigenvalue weighted by molar-refractivity contribution is 5.93. The van der Waals surface area contributed by atoms with Crippen molar-refractivity contribution in [1.82, 2.24) is 9.80 Å². The molecule has 5 spiro atoms. The molecule has 9 heterocycles. The Labute approximate surface area is 305 Å². The number of rotatable bonds is 2. The third-order valence-corrected chi connectivity index (χ3v) is 17.5. The summed E-state index contributed by atoms with van der Waals surface area (Å²) in [6, 6.07) is 17.1. The first-order valence-electron chi connectivity index (χ1n) is 20.3. The number of carbonyl (C=O) groups is 1. The van der Waals surface area contributed by atoms with Gasteiger partial charge in [0.1, 0.15) is 5.75 Å². The zero-order chi connectivity index (χ0) is 34.4. The fourth-order valence-electron chi connectivity index (χ4n) is 16.8. The maximum atomic E-state index is 14.0. The average Bonchev–Trinajstić information content (AvgIpc) is 4.02. The van der Waals surface area contributed by atoms with Crippen LogP contribution in [0.1, 0.15) is 62.5 Å². The molecule has 13 rings (SSSR count). The minimum atomic E-state index is -0.252. The molecular formula is C43H50N4O5. The number of hydrogen-bond donors (Lipinski definition) is 1. The van der Waals surface area contributed by atoms with Crippen LogP contribution >= 0.6 is 0 Å². The van der Waals surface area contributed by atoms with Gasteiger partial charge < -0.3 is 29.2 Å². The summed E-state index contributed by atoms with van der Waals surface area (Å²) in [4.78, 5) is 22.7. The molecule has 1 N–H and O–H groups in total. The first kappa shape index (κ1) is 30.2. The van der Waals surface area contributed by atoms with Crippen LogP contribution in [0.4, 0.5) is 11.4 Å². The van der Waals surface area contributed by atoms with Crippen molar-refractivity contribution >= 4 is 17.3 Å². The predicted octanol–water partition coefficient (Wildman–Crippen LogP) is 4.84. The normalized spacial score (nSPS) is 46.8. The number of nitrogens with one attached hydrogen (secondary N) is 1. The third-order valence-electron chi connectivity index (χ3n) is 17.5. The monoisotopic (exact) mass is 702 g/mol. The molecule has 0 amide bonds. The molecule has 9 heteroatoms. The molecule has 11 atom stereocenters. The van der Waals surface area contributed by atoms with Crippen molar-refractivity contribution in [3.63, 3.8) is 0 Å². The number of piperidine rings is 3. The SMILES string of the molecule is COC(=O)C1=C2Nc3ccccc3[C@@]23CCN2C[C@@]4(C[C@H]5C[C@]67CCO[C@H]6CCN6CC[C@@]8(c9cccc(OC)c9N(C4)[C@@H]58)[C@H]67)[C@H]4OCC[C@]4(C1)[C@H]23. The molecule has 9 aliphatic heterocycles. The molecule has 0 radical (unpaired) electrons. The number of esters is 1. The van der Waals surface area contributed by atoms with Crippen LogP contribution in [0.25, 0.3) is 0 Å². The number of fused-ring (bicyclic) bond motifs is 4. The van der Waals surface area contributed by atoms with Crippen LogP contribution < -0.4 is 15.0 Å². The van der Waals surface area contributed by atoms with Crippen molar-refractivity contribution < 1.29 is 23.7 Å². The zero-order valence-electron chi connectivity index (χ0n) is 30.5. The molecule has 0 unspecified atom stereocenters. The summed E-state index contributed by atoms with van der Waals surface area (Å²) < 4.78 is 26.0. The first-order chi connectivity index (χ1) is 25.4. The number of hydrogen-bond acceptors (Lipinski definition) is 9. The molecule has 7 saturated heterocycles. The van der Waals surface area contributed by atoms with Crippen molar-refractivity contribution in [3.8, 4) is 5.75 Å². The molecule has 52 heavy (non-hydrogen) atoms. The van der Waals surface area contributed by atoms with Gasteiger partial charge in [-0.3, -0.25) is 9.80 Å². The average molecular weight is 703 g/mol. The second-order valence-corrected chi connectivity index (χ2v) is 18.8. The lowest BCUT2D eigenvalue weighted by Gasteiger charge is -2.68. The maximum absolute atomic E-state index is 14.0. The quantitative estimate of drug-likeness (QED) is 0.443. The van der Waals surface area contributed by atoms with E-state index in [2.05, 4.69) is 62.5 Å². The van der Waals surface area contributed by atoms with Crippen LogP contribution in [0.3, 0.4) is 0 Å². The predicted molar refractivity (Wildman–Crippen MR) is 195 cm³/mol. The Hall–Kier alpha value is -3.11. The van der Waals surface area contributed by atoms with Crippen molar-refractivity contribution in [3.05, 3.63) is 64.9 Å². The topological polar surface area (TPSA) is 75.7 Å². The lowest BCUT2D eigenvalue weighted by atomic mass is 9.44. The van der Waals surface area contributed by atoms with Crippen LogP contribution in [0, 0.1) is 22.2 Å². The van der Waals surface area contributed by atoms with Gasteiger partial charge in [-0.15, -0.1) is 0 Å². The van der Waals surface area contributed by atoms with Gasteiger partial charge in [0.25, 0.3) is 0 Å². The molecule has 0 bridgehead atoms. The minimum Gasteiger partial charge on any atom is -0.495 e. The minimum absolute atomic E-state index is 0.0538. The summed E-state index contributed by atoms with van der Waals surface area (Å²) in [7, 11) is 3.43. The molecule has 0 aromatic heterocycles. The molecule has 8 fully saturated rings. The Morgan fingerprint density at radius 2 is 1.71 bits per heavy atom. The third kappa shape index (κ3) is 3.05. The Morgan fingerprint density at radius 1 is 0.865 bits per heavy atom. The van der Waals surface area contributed by atoms with E-state index in [-0.39, 0.29) is 45.2 Å². The van der Waals surface area contributed by atoms with Crippen LogP contribution in [0.15, 0.2) is 53.7 Å². The highest BCUT2D eigenvalue weighted by Crippen LogP contribution is 2.75. The van der Waals surface area contributed by atoms with Gasteiger partial charge in [-0.05, 0) is 93.6 Å². The van der Waals surface area contributed by atoms with Crippen LogP contribution in [-0.2, 0) is 29.8 Å². The molecule has 2 aromatic rings. The summed E-state index contributed by atoms with van der Waals surface area (Å²) in [6.07, 6.45) is 9.09. The molecule has 1 saturated carbocycles. The fraction of sp³-hybridized carbons (Fsp3) is 0.651. The van der Waals surface area contributed by atoms with E-state index < -0.39 is 0 Å². The van der Waals surface area contributed by atoms with E-state index in [1.807, 2.05) is 7.11 Å². The van der Waals surface area contributed by atoms with E-state index in [1.54, 1.807) is 12.7 Å². The standard InChI is InChI=1S/C43H50N4O5/c1-49-30-9-5-7-28-32(30)47-24-39(20-25-21-40-13-18-51-31(40)10-15-45-16-12-43(28,34(25)47)36(40)45)23-46-17-11-42-27-6-3-4-8-29(27)44-33(42)26(35(48)50-2)22-41(37(42)46)14-19-52-38(39)41/h3-9,25,31,34,36-38,44H,10-24H2,1-2H3/t25-,31-,34-,36+,37-,38+,39+,40+,41-,42-,43-/m0/s1. The molecule has 2 aliphatic carbocycles. The number of carbonyl (C=O) groups excluding carboxylic acids is 1. The van der Waals surface area contributed by atoms with E-state index in [9.17, 15) is 4.79 Å². The summed E-state index contributed by atoms with van der Waals surface area (Å²) in [5.41, 5.74) is 7.13. The van der Waals surface area contributed by atoms with Crippen molar-refractivity contribution in [2.24, 2.45) is 22.2 Å². The van der Waals surface area contributed by atoms with E-state index in [1.165, 1.54) is 43.5 Å². The summed E-state index contributed by atoms with van der Waals surface area (Å²) >= 11 is 0. The molecular weight excluding hydrogens is 652 g/mol. The second-order valence-electron chi connectivity index (χ2n) is 18.8. The van der Waals surface area contributed by atoms with Gasteiger partial charge in [-0.2, -0.15) is 0 Å². The van der Waals surface area contributed by atoms with Gasteiger partial charge in [0.2, 0.25) is 0 Å².